The molecule has 1 aromatic rings. The summed E-state index contributed by atoms with van der Waals surface area (Å²) in [7, 11) is 0. The Hall–Kier alpha value is -1.36. The minimum Gasteiger partial charge on any atom is -0.352 e. The van der Waals surface area contributed by atoms with Crippen molar-refractivity contribution < 1.29 is 9.59 Å². The molecule has 1 aromatic carbocycles. The lowest BCUT2D eigenvalue weighted by Gasteiger charge is -2.24. The van der Waals surface area contributed by atoms with Crippen molar-refractivity contribution in [1.29, 1.82) is 0 Å². The van der Waals surface area contributed by atoms with E-state index in [0.717, 1.165) is 35.7 Å². The number of hydrogen-bond donors (Lipinski definition) is 1. The van der Waals surface area contributed by atoms with Gasteiger partial charge >= 0.3 is 0 Å². The number of carbonyl (C=O) groups is 2. The minimum absolute atomic E-state index is 0.00882. The average Bonchev–Trinajstić information content (AvgIpc) is 3.14. The molecule has 1 heterocycles. The summed E-state index contributed by atoms with van der Waals surface area (Å²) in [6, 6.07) is 5.62. The van der Waals surface area contributed by atoms with E-state index in [0.29, 0.717) is 18.2 Å². The van der Waals surface area contributed by atoms with Crippen molar-refractivity contribution in [3.05, 3.63) is 33.8 Å². The SMILES string of the molecule is Cc1ccc(C(=O)N2CCCC2C(=O)NC2CC2)cc1Br. The molecular formula is C16H19BrN2O2. The zero-order valence-electron chi connectivity index (χ0n) is 12.1. The van der Waals surface area contributed by atoms with E-state index < -0.39 is 0 Å². The average molecular weight is 351 g/mol. The maximum atomic E-state index is 12.7. The van der Waals surface area contributed by atoms with Gasteiger partial charge in [0.2, 0.25) is 5.91 Å². The van der Waals surface area contributed by atoms with E-state index in [2.05, 4.69) is 21.2 Å². The second kappa shape index (κ2) is 5.79. The molecular weight excluding hydrogens is 332 g/mol. The number of carbonyl (C=O) groups excluding carboxylic acids is 2. The molecule has 1 aliphatic heterocycles. The van der Waals surface area contributed by atoms with Crippen LogP contribution < -0.4 is 5.32 Å². The number of likely N-dealkylation sites (tertiary alicyclic amines) is 1. The number of nitrogens with one attached hydrogen (secondary N) is 1. The van der Waals surface area contributed by atoms with E-state index in [1.165, 1.54) is 0 Å². The zero-order chi connectivity index (χ0) is 15.0. The van der Waals surface area contributed by atoms with Crippen LogP contribution in [0.25, 0.3) is 0 Å². The summed E-state index contributed by atoms with van der Waals surface area (Å²) in [5.41, 5.74) is 1.73. The quantitative estimate of drug-likeness (QED) is 0.910. The van der Waals surface area contributed by atoms with Crippen LogP contribution in [0.4, 0.5) is 0 Å². The number of aryl methyl sites for hydroxylation is 1. The van der Waals surface area contributed by atoms with Crippen LogP contribution in [0, 0.1) is 6.92 Å². The summed E-state index contributed by atoms with van der Waals surface area (Å²) in [6.07, 6.45) is 3.79. The fourth-order valence-electron chi connectivity index (χ4n) is 2.70. The van der Waals surface area contributed by atoms with Gasteiger partial charge in [-0.05, 0) is 50.3 Å². The van der Waals surface area contributed by atoms with Gasteiger partial charge in [0.1, 0.15) is 6.04 Å². The Morgan fingerprint density at radius 1 is 1.29 bits per heavy atom. The van der Waals surface area contributed by atoms with Crippen molar-refractivity contribution in [2.24, 2.45) is 0 Å². The summed E-state index contributed by atoms with van der Waals surface area (Å²) in [5, 5.41) is 3.01. The molecule has 0 spiro atoms. The van der Waals surface area contributed by atoms with Crippen LogP contribution in [0.3, 0.4) is 0 Å². The van der Waals surface area contributed by atoms with Crippen molar-refractivity contribution >= 4 is 27.7 Å². The third kappa shape index (κ3) is 3.12. The highest BCUT2D eigenvalue weighted by Crippen LogP contribution is 2.25. The van der Waals surface area contributed by atoms with E-state index >= 15 is 0 Å². The Balaban J connectivity index is 1.75. The van der Waals surface area contributed by atoms with Crippen LogP contribution >= 0.6 is 15.9 Å². The van der Waals surface area contributed by atoms with Crippen molar-refractivity contribution in [3.63, 3.8) is 0 Å². The maximum absolute atomic E-state index is 12.7. The molecule has 1 saturated carbocycles. The molecule has 21 heavy (non-hydrogen) atoms. The number of hydrogen-bond acceptors (Lipinski definition) is 2. The number of amides is 2. The third-order valence-corrected chi connectivity index (χ3v) is 5.01. The highest BCUT2D eigenvalue weighted by molar-refractivity contribution is 9.10. The predicted molar refractivity (Wildman–Crippen MR) is 84.1 cm³/mol. The Morgan fingerprint density at radius 3 is 2.71 bits per heavy atom. The molecule has 4 nitrogen and oxygen atoms in total. The lowest BCUT2D eigenvalue weighted by atomic mass is 10.1. The van der Waals surface area contributed by atoms with Gasteiger partial charge in [0, 0.05) is 22.6 Å². The van der Waals surface area contributed by atoms with Crippen LogP contribution in [0.15, 0.2) is 22.7 Å². The van der Waals surface area contributed by atoms with Gasteiger partial charge in [-0.15, -0.1) is 0 Å². The third-order valence-electron chi connectivity index (χ3n) is 4.16. The van der Waals surface area contributed by atoms with Crippen molar-refractivity contribution in [1.82, 2.24) is 10.2 Å². The van der Waals surface area contributed by atoms with Crippen molar-refractivity contribution in [2.45, 2.75) is 44.7 Å². The molecule has 0 radical (unpaired) electrons. The van der Waals surface area contributed by atoms with Crippen LogP contribution in [0.1, 0.15) is 41.6 Å². The van der Waals surface area contributed by atoms with Gasteiger partial charge in [-0.1, -0.05) is 22.0 Å². The first-order chi connectivity index (χ1) is 10.1. The first-order valence-electron chi connectivity index (χ1n) is 7.44. The highest BCUT2D eigenvalue weighted by atomic mass is 79.9. The van der Waals surface area contributed by atoms with E-state index in [1.807, 2.05) is 25.1 Å². The number of halogens is 1. The van der Waals surface area contributed by atoms with Crippen LogP contribution in [0.2, 0.25) is 0 Å². The molecule has 1 atom stereocenters. The van der Waals surface area contributed by atoms with Crippen LogP contribution in [0.5, 0.6) is 0 Å². The Kier molecular flexibility index (Phi) is 4.02. The molecule has 1 N–H and O–H groups in total. The van der Waals surface area contributed by atoms with Gasteiger partial charge in [-0.3, -0.25) is 9.59 Å². The number of rotatable bonds is 3. The van der Waals surface area contributed by atoms with Gasteiger partial charge in [0.15, 0.2) is 0 Å². The molecule has 2 aliphatic rings. The largest absolute Gasteiger partial charge is 0.352 e. The fraction of sp³-hybridized carbons (Fsp3) is 0.500. The van der Waals surface area contributed by atoms with Gasteiger partial charge in [-0.25, -0.2) is 0 Å². The summed E-state index contributed by atoms with van der Waals surface area (Å²) >= 11 is 3.46. The van der Waals surface area contributed by atoms with E-state index in [9.17, 15) is 9.59 Å². The summed E-state index contributed by atoms with van der Waals surface area (Å²) in [5.74, 6) is -0.0429. The zero-order valence-corrected chi connectivity index (χ0v) is 13.6. The van der Waals surface area contributed by atoms with E-state index in [1.54, 1.807) is 4.90 Å². The molecule has 3 rings (SSSR count). The lowest BCUT2D eigenvalue weighted by molar-refractivity contribution is -0.125. The van der Waals surface area contributed by atoms with Crippen LogP contribution in [-0.2, 0) is 4.79 Å². The fourth-order valence-corrected chi connectivity index (χ4v) is 3.08. The maximum Gasteiger partial charge on any atom is 0.254 e. The van der Waals surface area contributed by atoms with E-state index in [-0.39, 0.29) is 17.9 Å². The first kappa shape index (κ1) is 14.6. The predicted octanol–water partition coefficient (Wildman–Crippen LogP) is 2.64. The van der Waals surface area contributed by atoms with Gasteiger partial charge < -0.3 is 10.2 Å². The molecule has 112 valence electrons. The summed E-state index contributed by atoms with van der Waals surface area (Å²) < 4.78 is 0.923. The molecule has 1 saturated heterocycles. The van der Waals surface area contributed by atoms with Gasteiger partial charge in [0.05, 0.1) is 0 Å². The monoisotopic (exact) mass is 350 g/mol. The normalized spacial score (nSPS) is 21.4. The molecule has 5 heteroatoms. The molecule has 0 aromatic heterocycles. The van der Waals surface area contributed by atoms with Gasteiger partial charge in [0.25, 0.3) is 5.91 Å². The summed E-state index contributed by atoms with van der Waals surface area (Å²) in [6.45, 7) is 2.65. The highest BCUT2D eigenvalue weighted by Gasteiger charge is 2.36. The van der Waals surface area contributed by atoms with Crippen LogP contribution in [-0.4, -0.2) is 35.3 Å². The minimum atomic E-state index is -0.307. The Bertz CT molecular complexity index is 584. The molecule has 1 aliphatic carbocycles. The second-order valence-electron chi connectivity index (χ2n) is 5.90. The molecule has 2 fully saturated rings. The van der Waals surface area contributed by atoms with Gasteiger partial charge in [-0.2, -0.15) is 0 Å². The topological polar surface area (TPSA) is 49.4 Å². The summed E-state index contributed by atoms with van der Waals surface area (Å²) in [4.78, 5) is 26.6. The first-order valence-corrected chi connectivity index (χ1v) is 8.23. The molecule has 0 bridgehead atoms. The Morgan fingerprint density at radius 2 is 2.05 bits per heavy atom. The Labute approximate surface area is 133 Å². The van der Waals surface area contributed by atoms with E-state index in [4.69, 9.17) is 0 Å². The number of nitrogens with zero attached hydrogens (tertiary/aromatic N) is 1. The molecule has 2 amide bonds. The van der Waals surface area contributed by atoms with Crippen molar-refractivity contribution in [3.8, 4) is 0 Å². The number of benzene rings is 1. The smallest absolute Gasteiger partial charge is 0.254 e. The van der Waals surface area contributed by atoms with Crippen molar-refractivity contribution in [2.75, 3.05) is 6.54 Å². The second-order valence-corrected chi connectivity index (χ2v) is 6.76. The standard InChI is InChI=1S/C16H19BrN2O2/c1-10-4-5-11(9-13(10)17)16(21)19-8-2-3-14(19)15(20)18-12-6-7-12/h4-5,9,12,14H,2-3,6-8H2,1H3,(H,18,20). The molecule has 1 unspecified atom stereocenters. The lowest BCUT2D eigenvalue weighted by Crippen LogP contribution is -2.46.